The lowest BCUT2D eigenvalue weighted by molar-refractivity contribution is 0.380. The van der Waals surface area contributed by atoms with Crippen LogP contribution in [-0.4, -0.2) is 36.2 Å². The maximum atomic E-state index is 5.99. The summed E-state index contributed by atoms with van der Waals surface area (Å²) in [6, 6.07) is 0.945. The van der Waals surface area contributed by atoms with Gasteiger partial charge in [0.15, 0.2) is 5.82 Å². The largest absolute Gasteiger partial charge is 0.467 e. The summed E-state index contributed by atoms with van der Waals surface area (Å²) >= 11 is 5.99. The van der Waals surface area contributed by atoms with Gasteiger partial charge in [0, 0.05) is 12.6 Å². The molecule has 0 aromatic carbocycles. The van der Waals surface area contributed by atoms with Gasteiger partial charge in [-0.05, 0) is 25.8 Å². The molecule has 1 atom stereocenters. The summed E-state index contributed by atoms with van der Waals surface area (Å²) < 4.78 is 4.96. The highest BCUT2D eigenvalue weighted by Gasteiger charge is 2.13. The van der Waals surface area contributed by atoms with Gasteiger partial charge >= 0.3 is 6.01 Å². The Bertz CT molecular complexity index is 368. The van der Waals surface area contributed by atoms with Crippen molar-refractivity contribution in [3.05, 3.63) is 11.2 Å². The molecule has 0 unspecified atom stereocenters. The fourth-order valence-corrected chi connectivity index (χ4v) is 2.10. The minimum atomic E-state index is 0.330. The predicted molar refractivity (Wildman–Crippen MR) is 67.7 cm³/mol. The molecule has 0 aliphatic carbocycles. The summed E-state index contributed by atoms with van der Waals surface area (Å²) in [7, 11) is 1.54. The summed E-state index contributed by atoms with van der Waals surface area (Å²) in [6.07, 6.45) is 5.14. The topological polar surface area (TPSA) is 59.1 Å². The molecule has 0 spiro atoms. The molecule has 17 heavy (non-hydrogen) atoms. The number of hydrogen-bond donors (Lipinski definition) is 2. The van der Waals surface area contributed by atoms with Crippen LogP contribution in [0, 0.1) is 0 Å². The zero-order valence-corrected chi connectivity index (χ0v) is 10.6. The predicted octanol–water partition coefficient (Wildman–Crippen LogP) is 1.69. The lowest BCUT2D eigenvalue weighted by Crippen LogP contribution is -2.24. The van der Waals surface area contributed by atoms with Crippen molar-refractivity contribution in [1.29, 1.82) is 0 Å². The lowest BCUT2D eigenvalue weighted by Gasteiger charge is -2.12. The van der Waals surface area contributed by atoms with E-state index in [1.807, 2.05) is 0 Å². The molecule has 0 saturated carbocycles. The van der Waals surface area contributed by atoms with Crippen LogP contribution in [0.3, 0.4) is 0 Å². The first-order valence-electron chi connectivity index (χ1n) is 5.83. The Balaban J connectivity index is 1.84. The number of ether oxygens (including phenoxy) is 1. The van der Waals surface area contributed by atoms with E-state index in [1.165, 1.54) is 20.0 Å². The second-order valence-corrected chi connectivity index (χ2v) is 4.47. The van der Waals surface area contributed by atoms with Crippen LogP contribution in [0.1, 0.15) is 19.3 Å². The highest BCUT2D eigenvalue weighted by atomic mass is 35.5. The van der Waals surface area contributed by atoms with E-state index in [4.69, 9.17) is 16.3 Å². The SMILES string of the molecule is COc1ncc(Cl)c(NCC[C@@H]2CCCN2)n1. The fraction of sp³-hybridized carbons (Fsp3) is 0.636. The van der Waals surface area contributed by atoms with E-state index in [1.54, 1.807) is 6.20 Å². The highest BCUT2D eigenvalue weighted by molar-refractivity contribution is 6.32. The Hall–Kier alpha value is -1.07. The molecule has 2 N–H and O–H groups in total. The van der Waals surface area contributed by atoms with E-state index in [0.29, 0.717) is 22.9 Å². The van der Waals surface area contributed by atoms with Gasteiger partial charge in [0.1, 0.15) is 5.02 Å². The number of aromatic nitrogens is 2. The van der Waals surface area contributed by atoms with E-state index in [0.717, 1.165) is 19.5 Å². The smallest absolute Gasteiger partial charge is 0.318 e. The molecule has 1 aromatic heterocycles. The Morgan fingerprint density at radius 2 is 2.53 bits per heavy atom. The molecule has 2 heterocycles. The molecule has 5 nitrogen and oxygen atoms in total. The summed E-state index contributed by atoms with van der Waals surface area (Å²) in [4.78, 5) is 8.08. The van der Waals surface area contributed by atoms with Crippen LogP contribution in [0.25, 0.3) is 0 Å². The maximum Gasteiger partial charge on any atom is 0.318 e. The molecular weight excluding hydrogens is 240 g/mol. The Morgan fingerprint density at radius 1 is 1.65 bits per heavy atom. The van der Waals surface area contributed by atoms with Crippen molar-refractivity contribution in [1.82, 2.24) is 15.3 Å². The first kappa shape index (κ1) is 12.4. The van der Waals surface area contributed by atoms with Crippen molar-refractivity contribution in [2.45, 2.75) is 25.3 Å². The molecule has 6 heteroatoms. The number of hydrogen-bond acceptors (Lipinski definition) is 5. The van der Waals surface area contributed by atoms with Gasteiger partial charge in [0.05, 0.1) is 13.3 Å². The van der Waals surface area contributed by atoms with Crippen LogP contribution in [0.4, 0.5) is 5.82 Å². The summed E-state index contributed by atoms with van der Waals surface area (Å²) in [5.41, 5.74) is 0. The lowest BCUT2D eigenvalue weighted by atomic mass is 10.1. The number of rotatable bonds is 5. The number of anilines is 1. The first-order valence-corrected chi connectivity index (χ1v) is 6.21. The van der Waals surface area contributed by atoms with E-state index < -0.39 is 0 Å². The number of nitrogens with zero attached hydrogens (tertiary/aromatic N) is 2. The molecule has 0 amide bonds. The Morgan fingerprint density at radius 3 is 3.24 bits per heavy atom. The normalized spacial score (nSPS) is 19.3. The average molecular weight is 257 g/mol. The molecule has 1 aliphatic rings. The second kappa shape index (κ2) is 6.02. The van der Waals surface area contributed by atoms with E-state index >= 15 is 0 Å². The molecule has 1 fully saturated rings. The van der Waals surface area contributed by atoms with Crippen LogP contribution in [0.5, 0.6) is 6.01 Å². The Kier molecular flexibility index (Phi) is 4.39. The van der Waals surface area contributed by atoms with Gasteiger partial charge in [0.2, 0.25) is 0 Å². The molecule has 1 saturated heterocycles. The van der Waals surface area contributed by atoms with E-state index in [-0.39, 0.29) is 0 Å². The molecule has 94 valence electrons. The van der Waals surface area contributed by atoms with Gasteiger partial charge < -0.3 is 15.4 Å². The van der Waals surface area contributed by atoms with Crippen molar-refractivity contribution in [2.24, 2.45) is 0 Å². The first-order chi connectivity index (χ1) is 8.29. The minimum Gasteiger partial charge on any atom is -0.467 e. The second-order valence-electron chi connectivity index (χ2n) is 4.06. The standard InChI is InChI=1S/C11H17ClN4O/c1-17-11-15-7-9(12)10(16-11)14-6-4-8-3-2-5-13-8/h7-8,13H,2-6H2,1H3,(H,14,15,16)/t8-/m0/s1. The van der Waals surface area contributed by atoms with Crippen LogP contribution in [0.2, 0.25) is 5.02 Å². The van der Waals surface area contributed by atoms with Gasteiger partial charge in [-0.2, -0.15) is 4.98 Å². The van der Waals surface area contributed by atoms with Gasteiger partial charge in [-0.3, -0.25) is 0 Å². The van der Waals surface area contributed by atoms with Crippen molar-refractivity contribution < 1.29 is 4.74 Å². The van der Waals surface area contributed by atoms with E-state index in [9.17, 15) is 0 Å². The van der Waals surface area contributed by atoms with Gasteiger partial charge in [-0.25, -0.2) is 4.98 Å². The Labute approximate surface area is 106 Å². The highest BCUT2D eigenvalue weighted by Crippen LogP contribution is 2.20. The molecule has 1 aromatic rings. The zero-order valence-electron chi connectivity index (χ0n) is 9.87. The monoisotopic (exact) mass is 256 g/mol. The van der Waals surface area contributed by atoms with Crippen LogP contribution >= 0.6 is 11.6 Å². The minimum absolute atomic E-state index is 0.330. The summed E-state index contributed by atoms with van der Waals surface area (Å²) in [5, 5.41) is 7.18. The number of methoxy groups -OCH3 is 1. The van der Waals surface area contributed by atoms with Crippen LogP contribution < -0.4 is 15.4 Å². The van der Waals surface area contributed by atoms with E-state index in [2.05, 4.69) is 20.6 Å². The van der Waals surface area contributed by atoms with Crippen molar-refractivity contribution in [3.8, 4) is 6.01 Å². The zero-order chi connectivity index (χ0) is 12.1. The summed E-state index contributed by atoms with van der Waals surface area (Å²) in [6.45, 7) is 1.98. The molecular formula is C11H17ClN4O. The molecule has 0 radical (unpaired) electrons. The molecule has 0 bridgehead atoms. The maximum absolute atomic E-state index is 5.99. The van der Waals surface area contributed by atoms with Crippen LogP contribution in [-0.2, 0) is 0 Å². The van der Waals surface area contributed by atoms with Gasteiger partial charge in [-0.15, -0.1) is 0 Å². The third kappa shape index (κ3) is 3.44. The van der Waals surface area contributed by atoms with Crippen molar-refractivity contribution in [3.63, 3.8) is 0 Å². The van der Waals surface area contributed by atoms with Crippen molar-refractivity contribution in [2.75, 3.05) is 25.5 Å². The third-order valence-electron chi connectivity index (χ3n) is 2.85. The summed E-state index contributed by atoms with van der Waals surface area (Å²) in [5.74, 6) is 0.636. The van der Waals surface area contributed by atoms with Gasteiger partial charge in [0.25, 0.3) is 0 Å². The van der Waals surface area contributed by atoms with Crippen molar-refractivity contribution >= 4 is 17.4 Å². The molecule has 2 rings (SSSR count). The quantitative estimate of drug-likeness (QED) is 0.840. The third-order valence-corrected chi connectivity index (χ3v) is 3.13. The number of nitrogens with one attached hydrogen (secondary N) is 2. The van der Waals surface area contributed by atoms with Crippen LogP contribution in [0.15, 0.2) is 6.20 Å². The average Bonchev–Trinajstić information content (AvgIpc) is 2.84. The van der Waals surface area contributed by atoms with Gasteiger partial charge in [-0.1, -0.05) is 11.6 Å². The number of halogens is 1. The fourth-order valence-electron chi connectivity index (χ4n) is 1.94. The molecule has 1 aliphatic heterocycles.